The highest BCUT2D eigenvalue weighted by Crippen LogP contribution is 2.44. The highest BCUT2D eigenvalue weighted by Gasteiger charge is 2.45. The van der Waals surface area contributed by atoms with Gasteiger partial charge in [0, 0.05) is 44.5 Å². The highest BCUT2D eigenvalue weighted by atomic mass is 16.2. The number of benzene rings is 1. The summed E-state index contributed by atoms with van der Waals surface area (Å²) < 4.78 is 0. The van der Waals surface area contributed by atoms with E-state index in [2.05, 4.69) is 10.3 Å². The molecule has 0 radical (unpaired) electrons. The van der Waals surface area contributed by atoms with Crippen molar-refractivity contribution in [3.8, 4) is 0 Å². The van der Waals surface area contributed by atoms with Gasteiger partial charge < -0.3 is 15.1 Å². The molecule has 0 saturated carbocycles. The second-order valence-electron chi connectivity index (χ2n) is 8.44. The molecule has 0 bridgehead atoms. The Morgan fingerprint density at radius 2 is 1.96 bits per heavy atom. The number of urea groups is 1. The number of hydrogen-bond acceptors (Lipinski definition) is 4. The molecule has 1 aliphatic carbocycles. The minimum Gasteiger partial charge on any atom is -0.347 e. The number of rotatable bonds is 2. The van der Waals surface area contributed by atoms with E-state index in [1.807, 2.05) is 62.1 Å². The maximum absolute atomic E-state index is 13.1. The van der Waals surface area contributed by atoms with E-state index >= 15 is 0 Å². The predicted octanol–water partition coefficient (Wildman–Crippen LogP) is 3.67. The van der Waals surface area contributed by atoms with Crippen LogP contribution in [0, 0.1) is 13.8 Å². The van der Waals surface area contributed by atoms with Gasteiger partial charge in [0.2, 0.25) is 5.95 Å². The van der Waals surface area contributed by atoms with Crippen LogP contribution in [0.25, 0.3) is 0 Å². The molecule has 6 nitrogen and oxygen atoms in total. The van der Waals surface area contributed by atoms with Crippen LogP contribution >= 0.6 is 0 Å². The van der Waals surface area contributed by atoms with Gasteiger partial charge in [-0.25, -0.2) is 14.8 Å². The molecule has 1 aliphatic heterocycles. The minimum atomic E-state index is -0.0423. The smallest absolute Gasteiger partial charge is 0.321 e. The Morgan fingerprint density at radius 3 is 2.68 bits per heavy atom. The molecule has 148 valence electrons. The summed E-state index contributed by atoms with van der Waals surface area (Å²) in [5.74, 6) is 0.747. The number of aromatic nitrogens is 2. The van der Waals surface area contributed by atoms with E-state index in [-0.39, 0.29) is 11.4 Å². The Labute approximate surface area is 167 Å². The van der Waals surface area contributed by atoms with Crippen LogP contribution in [0.5, 0.6) is 0 Å². The third kappa shape index (κ3) is 3.21. The van der Waals surface area contributed by atoms with E-state index in [1.54, 1.807) is 0 Å². The zero-order valence-corrected chi connectivity index (χ0v) is 17.2. The van der Waals surface area contributed by atoms with E-state index in [0.717, 1.165) is 67.2 Å². The molecule has 6 heteroatoms. The van der Waals surface area contributed by atoms with Crippen LogP contribution in [0.3, 0.4) is 0 Å². The number of nitrogens with one attached hydrogen (secondary N) is 1. The van der Waals surface area contributed by atoms with Crippen molar-refractivity contribution >= 4 is 17.7 Å². The minimum absolute atomic E-state index is 0.00758. The largest absolute Gasteiger partial charge is 0.347 e. The van der Waals surface area contributed by atoms with Gasteiger partial charge in [-0.15, -0.1) is 0 Å². The number of aryl methyl sites for hydroxylation is 3. The van der Waals surface area contributed by atoms with Gasteiger partial charge in [-0.2, -0.15) is 0 Å². The average Bonchev–Trinajstić information content (AvgIpc) is 3.02. The van der Waals surface area contributed by atoms with Gasteiger partial charge in [-0.05, 0) is 56.2 Å². The summed E-state index contributed by atoms with van der Waals surface area (Å²) in [6.45, 7) is 5.58. The van der Waals surface area contributed by atoms with Crippen molar-refractivity contribution in [1.29, 1.82) is 0 Å². The molecule has 4 rings (SSSR count). The number of carbonyl (C=O) groups is 1. The SMILES string of the molecule is Cc1cccc(C)c1NC(=O)N1CCCC2(CCc3cnc(N(C)C)nc32)C1. The number of anilines is 2. The lowest BCUT2D eigenvalue weighted by Crippen LogP contribution is -2.49. The lowest BCUT2D eigenvalue weighted by atomic mass is 9.77. The number of nitrogens with zero attached hydrogens (tertiary/aromatic N) is 4. The first-order chi connectivity index (χ1) is 13.4. The van der Waals surface area contributed by atoms with Crippen molar-refractivity contribution in [1.82, 2.24) is 14.9 Å². The number of para-hydroxylation sites is 1. The van der Waals surface area contributed by atoms with Crippen LogP contribution in [-0.2, 0) is 11.8 Å². The first-order valence-corrected chi connectivity index (χ1v) is 10.1. The topological polar surface area (TPSA) is 61.4 Å². The summed E-state index contributed by atoms with van der Waals surface area (Å²) in [6.07, 6.45) is 6.09. The molecule has 1 N–H and O–H groups in total. The molecule has 1 aromatic heterocycles. The summed E-state index contributed by atoms with van der Waals surface area (Å²) in [4.78, 5) is 26.4. The third-order valence-corrected chi connectivity index (χ3v) is 6.20. The van der Waals surface area contributed by atoms with Gasteiger partial charge in [0.15, 0.2) is 0 Å². The zero-order valence-electron chi connectivity index (χ0n) is 17.2. The number of hydrogen-bond donors (Lipinski definition) is 1. The second-order valence-corrected chi connectivity index (χ2v) is 8.44. The van der Waals surface area contributed by atoms with Crippen LogP contribution in [0.2, 0.25) is 0 Å². The van der Waals surface area contributed by atoms with Crippen LogP contribution in [0.15, 0.2) is 24.4 Å². The first-order valence-electron chi connectivity index (χ1n) is 10.1. The summed E-state index contributed by atoms with van der Waals surface area (Å²) in [7, 11) is 3.93. The van der Waals surface area contributed by atoms with Crippen LogP contribution < -0.4 is 10.2 Å². The van der Waals surface area contributed by atoms with Crippen molar-refractivity contribution < 1.29 is 4.79 Å². The number of amides is 2. The van der Waals surface area contributed by atoms with Crippen LogP contribution in [0.4, 0.5) is 16.4 Å². The van der Waals surface area contributed by atoms with Crippen molar-refractivity contribution in [3.63, 3.8) is 0 Å². The van der Waals surface area contributed by atoms with Crippen LogP contribution in [-0.4, -0.2) is 48.1 Å². The monoisotopic (exact) mass is 379 g/mol. The van der Waals surface area contributed by atoms with Gasteiger partial charge in [0.05, 0.1) is 5.69 Å². The average molecular weight is 380 g/mol. The van der Waals surface area contributed by atoms with E-state index in [1.165, 1.54) is 5.56 Å². The molecule has 1 spiro atoms. The fourth-order valence-electron chi connectivity index (χ4n) is 4.65. The molecular formula is C22H29N5O. The molecule has 2 amide bonds. The molecule has 1 saturated heterocycles. The highest BCUT2D eigenvalue weighted by molar-refractivity contribution is 5.91. The standard InChI is InChI=1S/C22H29N5O/c1-15-7-5-8-16(2)18(15)24-21(28)27-12-6-10-22(14-27)11-9-17-13-23-20(26(3)4)25-19(17)22/h5,7-8,13H,6,9-12,14H2,1-4H3,(H,24,28). The molecule has 1 fully saturated rings. The number of piperidine rings is 1. The number of likely N-dealkylation sites (tertiary alicyclic amines) is 1. The Bertz CT molecular complexity index is 886. The van der Waals surface area contributed by atoms with E-state index in [4.69, 9.17) is 4.98 Å². The summed E-state index contributed by atoms with van der Waals surface area (Å²) in [5.41, 5.74) is 5.46. The fraction of sp³-hybridized carbons (Fsp3) is 0.500. The second kappa shape index (κ2) is 7.08. The van der Waals surface area contributed by atoms with Crippen molar-refractivity contribution in [2.24, 2.45) is 0 Å². The molecule has 2 aromatic rings. The molecule has 1 atom stereocenters. The molecule has 1 unspecified atom stereocenters. The Morgan fingerprint density at radius 1 is 1.21 bits per heavy atom. The van der Waals surface area contributed by atoms with Gasteiger partial charge in [-0.3, -0.25) is 0 Å². The Kier molecular flexibility index (Phi) is 4.73. The maximum Gasteiger partial charge on any atom is 0.321 e. The number of carbonyl (C=O) groups excluding carboxylic acids is 1. The maximum atomic E-state index is 13.1. The van der Waals surface area contributed by atoms with Crippen LogP contribution in [0.1, 0.15) is 41.6 Å². The summed E-state index contributed by atoms with van der Waals surface area (Å²) in [6, 6.07) is 6.08. The molecular weight excluding hydrogens is 350 g/mol. The van der Waals surface area contributed by atoms with Gasteiger partial charge in [0.1, 0.15) is 0 Å². The first kappa shape index (κ1) is 18.7. The fourth-order valence-corrected chi connectivity index (χ4v) is 4.65. The molecule has 1 aromatic carbocycles. The predicted molar refractivity (Wildman–Crippen MR) is 112 cm³/mol. The lowest BCUT2D eigenvalue weighted by molar-refractivity contribution is 0.157. The Balaban J connectivity index is 1.58. The van der Waals surface area contributed by atoms with E-state index < -0.39 is 0 Å². The van der Waals surface area contributed by atoms with Gasteiger partial charge >= 0.3 is 6.03 Å². The van der Waals surface area contributed by atoms with Gasteiger partial charge in [0.25, 0.3) is 0 Å². The molecule has 2 heterocycles. The quantitative estimate of drug-likeness (QED) is 0.865. The van der Waals surface area contributed by atoms with E-state index in [0.29, 0.717) is 0 Å². The lowest BCUT2D eigenvalue weighted by Gasteiger charge is -2.40. The van der Waals surface area contributed by atoms with Gasteiger partial charge in [-0.1, -0.05) is 18.2 Å². The molecule has 28 heavy (non-hydrogen) atoms. The van der Waals surface area contributed by atoms with Crippen molar-refractivity contribution in [2.45, 2.75) is 44.9 Å². The Hall–Kier alpha value is -2.63. The van der Waals surface area contributed by atoms with Crippen molar-refractivity contribution in [2.75, 3.05) is 37.4 Å². The zero-order chi connectivity index (χ0) is 19.9. The van der Waals surface area contributed by atoms with E-state index in [9.17, 15) is 4.79 Å². The molecule has 2 aliphatic rings. The van der Waals surface area contributed by atoms with Crippen molar-refractivity contribution in [3.05, 3.63) is 46.8 Å². The third-order valence-electron chi connectivity index (χ3n) is 6.20. The summed E-state index contributed by atoms with van der Waals surface area (Å²) >= 11 is 0. The normalized spacial score (nSPS) is 20.9. The number of fused-ring (bicyclic) bond motifs is 2. The summed E-state index contributed by atoms with van der Waals surface area (Å²) in [5, 5.41) is 3.15.